The third kappa shape index (κ3) is 3.77. The van der Waals surface area contributed by atoms with Gasteiger partial charge in [-0.05, 0) is 54.8 Å². The summed E-state index contributed by atoms with van der Waals surface area (Å²) in [5, 5.41) is 0. The van der Waals surface area contributed by atoms with Gasteiger partial charge in [0.2, 0.25) is 0 Å². The highest BCUT2D eigenvalue weighted by molar-refractivity contribution is 8.04. The van der Waals surface area contributed by atoms with Gasteiger partial charge in [-0.3, -0.25) is 9.59 Å². The molecule has 0 unspecified atom stereocenters. The third-order valence-electron chi connectivity index (χ3n) is 5.65. The van der Waals surface area contributed by atoms with Crippen LogP contribution in [0.4, 0.5) is 11.4 Å². The number of hydrogen-bond acceptors (Lipinski definition) is 4. The van der Waals surface area contributed by atoms with Crippen molar-refractivity contribution in [3.05, 3.63) is 95.4 Å². The van der Waals surface area contributed by atoms with Crippen LogP contribution in [0, 0.1) is 0 Å². The Morgan fingerprint density at radius 1 is 0.645 bits per heavy atom. The number of anilines is 2. The van der Waals surface area contributed by atoms with Crippen LogP contribution in [-0.2, 0) is 9.59 Å². The Kier molecular flexibility index (Phi) is 5.35. The lowest BCUT2D eigenvalue weighted by atomic mass is 10.1. The van der Waals surface area contributed by atoms with E-state index in [1.807, 2.05) is 84.9 Å². The molecule has 4 nitrogen and oxygen atoms in total. The van der Waals surface area contributed by atoms with E-state index in [0.29, 0.717) is 16.2 Å². The second kappa shape index (κ2) is 8.44. The highest BCUT2D eigenvalue weighted by Gasteiger charge is 2.40. The van der Waals surface area contributed by atoms with Crippen molar-refractivity contribution in [2.45, 2.75) is 17.7 Å². The normalized spacial score (nSPS) is 16.5. The van der Waals surface area contributed by atoms with Gasteiger partial charge in [0.1, 0.15) is 0 Å². The first-order valence-corrected chi connectivity index (χ1v) is 11.3. The first-order valence-electron chi connectivity index (χ1n) is 10.5. The van der Waals surface area contributed by atoms with Crippen molar-refractivity contribution in [1.82, 2.24) is 0 Å². The zero-order valence-electron chi connectivity index (χ0n) is 17.0. The van der Waals surface area contributed by atoms with Crippen molar-refractivity contribution >= 4 is 40.5 Å². The summed E-state index contributed by atoms with van der Waals surface area (Å²) in [6.07, 6.45) is 2.41. The van der Waals surface area contributed by atoms with Gasteiger partial charge in [-0.1, -0.05) is 60.3 Å². The van der Waals surface area contributed by atoms with Gasteiger partial charge >= 0.3 is 0 Å². The molecule has 1 fully saturated rings. The second-order valence-electron chi connectivity index (χ2n) is 7.64. The number of carbonyl (C=O) groups is 2. The van der Waals surface area contributed by atoms with Gasteiger partial charge in [-0.25, -0.2) is 4.90 Å². The molecular formula is C26H22N2O2S. The van der Waals surface area contributed by atoms with Gasteiger partial charge in [0.25, 0.3) is 11.8 Å². The first-order chi connectivity index (χ1) is 15.2. The molecular weight excluding hydrogens is 404 g/mol. The van der Waals surface area contributed by atoms with Gasteiger partial charge in [0.05, 0.1) is 16.2 Å². The Bertz CT molecular complexity index is 1140. The molecule has 0 aromatic heterocycles. The fraction of sp³-hybridized carbons (Fsp3) is 0.154. The minimum Gasteiger partial charge on any atom is -0.372 e. The molecule has 0 spiro atoms. The number of thioether (sulfide) groups is 1. The molecule has 0 bridgehead atoms. The van der Waals surface area contributed by atoms with E-state index in [2.05, 4.69) is 4.90 Å². The molecule has 1 saturated heterocycles. The van der Waals surface area contributed by atoms with Crippen molar-refractivity contribution in [2.24, 2.45) is 0 Å². The minimum atomic E-state index is -0.274. The Balaban J connectivity index is 1.51. The van der Waals surface area contributed by atoms with Crippen molar-refractivity contribution in [3.63, 3.8) is 0 Å². The Hall–Kier alpha value is -3.31. The highest BCUT2D eigenvalue weighted by Crippen LogP contribution is 2.41. The molecule has 2 aliphatic rings. The molecule has 31 heavy (non-hydrogen) atoms. The SMILES string of the molecule is O=C1C(Sc2ccccc2)=C(c2ccccc2)C(=O)N1c1ccc(N2CCCC2)cc1. The van der Waals surface area contributed by atoms with Gasteiger partial charge in [0, 0.05) is 23.7 Å². The van der Waals surface area contributed by atoms with E-state index in [1.54, 1.807) is 0 Å². The molecule has 3 aromatic carbocycles. The largest absolute Gasteiger partial charge is 0.372 e. The predicted molar refractivity (Wildman–Crippen MR) is 126 cm³/mol. The van der Waals surface area contributed by atoms with Crippen molar-refractivity contribution in [1.29, 1.82) is 0 Å². The fourth-order valence-electron chi connectivity index (χ4n) is 4.09. The quantitative estimate of drug-likeness (QED) is 0.515. The summed E-state index contributed by atoms with van der Waals surface area (Å²) in [7, 11) is 0. The summed E-state index contributed by atoms with van der Waals surface area (Å²) >= 11 is 1.35. The molecule has 2 aliphatic heterocycles. The van der Waals surface area contributed by atoms with Crippen LogP contribution in [0.25, 0.3) is 5.57 Å². The molecule has 0 N–H and O–H groups in total. The van der Waals surface area contributed by atoms with E-state index in [9.17, 15) is 9.59 Å². The molecule has 0 atom stereocenters. The van der Waals surface area contributed by atoms with E-state index < -0.39 is 0 Å². The molecule has 3 aromatic rings. The smallest absolute Gasteiger partial charge is 0.272 e. The topological polar surface area (TPSA) is 40.6 Å². The maximum absolute atomic E-state index is 13.5. The summed E-state index contributed by atoms with van der Waals surface area (Å²) in [6.45, 7) is 2.11. The van der Waals surface area contributed by atoms with Crippen LogP contribution in [0.15, 0.2) is 94.7 Å². The lowest BCUT2D eigenvalue weighted by molar-refractivity contribution is -0.119. The molecule has 2 heterocycles. The van der Waals surface area contributed by atoms with Crippen molar-refractivity contribution < 1.29 is 9.59 Å². The number of nitrogens with zero attached hydrogens (tertiary/aromatic N) is 2. The van der Waals surface area contributed by atoms with Gasteiger partial charge in [0.15, 0.2) is 0 Å². The number of carbonyl (C=O) groups excluding carboxylic acids is 2. The van der Waals surface area contributed by atoms with Gasteiger partial charge in [-0.15, -0.1) is 0 Å². The molecule has 0 radical (unpaired) electrons. The Morgan fingerprint density at radius 2 is 1.23 bits per heavy atom. The Labute approximate surface area is 186 Å². The van der Waals surface area contributed by atoms with E-state index in [-0.39, 0.29) is 11.8 Å². The molecule has 2 amide bonds. The Morgan fingerprint density at radius 3 is 1.87 bits per heavy atom. The molecule has 154 valence electrons. The number of benzene rings is 3. The molecule has 0 aliphatic carbocycles. The van der Waals surface area contributed by atoms with Crippen molar-refractivity contribution in [2.75, 3.05) is 22.9 Å². The molecule has 5 heteroatoms. The molecule has 0 saturated carbocycles. The highest BCUT2D eigenvalue weighted by atomic mass is 32.2. The summed E-state index contributed by atoms with van der Waals surface area (Å²) in [6, 6.07) is 26.9. The average molecular weight is 427 g/mol. The number of hydrogen-bond donors (Lipinski definition) is 0. The van der Waals surface area contributed by atoms with Crippen LogP contribution in [0.2, 0.25) is 0 Å². The van der Waals surface area contributed by atoms with Crippen molar-refractivity contribution in [3.8, 4) is 0 Å². The van der Waals surface area contributed by atoms with E-state index in [1.165, 1.54) is 29.5 Å². The second-order valence-corrected chi connectivity index (χ2v) is 8.73. The zero-order valence-corrected chi connectivity index (χ0v) is 17.8. The van der Waals surface area contributed by atoms with E-state index >= 15 is 0 Å². The monoisotopic (exact) mass is 426 g/mol. The summed E-state index contributed by atoms with van der Waals surface area (Å²) < 4.78 is 0. The summed E-state index contributed by atoms with van der Waals surface area (Å²) in [5.41, 5.74) is 2.96. The van der Waals surface area contributed by atoms with Gasteiger partial charge in [-0.2, -0.15) is 0 Å². The number of amides is 2. The van der Waals surface area contributed by atoms with Crippen LogP contribution in [0.1, 0.15) is 18.4 Å². The first kappa shape index (κ1) is 19.6. The van der Waals surface area contributed by atoms with Crippen LogP contribution in [0.3, 0.4) is 0 Å². The standard InChI is InChI=1S/C26H22N2O2S/c29-25-23(19-9-3-1-4-10-19)24(31-22-11-5-2-6-12-22)26(30)28(25)21-15-13-20(14-16-21)27-17-7-8-18-27/h1-6,9-16H,7-8,17-18H2. The number of rotatable bonds is 5. The van der Waals surface area contributed by atoms with Crippen LogP contribution in [0.5, 0.6) is 0 Å². The zero-order chi connectivity index (χ0) is 21.2. The van der Waals surface area contributed by atoms with Crippen LogP contribution in [-0.4, -0.2) is 24.9 Å². The maximum Gasteiger partial charge on any atom is 0.272 e. The summed E-state index contributed by atoms with van der Waals surface area (Å²) in [5.74, 6) is -0.546. The van der Waals surface area contributed by atoms with Gasteiger partial charge < -0.3 is 4.90 Å². The van der Waals surface area contributed by atoms with Crippen LogP contribution >= 0.6 is 11.8 Å². The maximum atomic E-state index is 13.5. The lowest BCUT2D eigenvalue weighted by Crippen LogP contribution is -2.31. The minimum absolute atomic E-state index is 0.272. The van der Waals surface area contributed by atoms with E-state index in [4.69, 9.17) is 0 Å². The third-order valence-corrected chi connectivity index (χ3v) is 6.74. The predicted octanol–water partition coefficient (Wildman–Crippen LogP) is 5.36. The molecule has 5 rings (SSSR count). The van der Waals surface area contributed by atoms with Crippen LogP contribution < -0.4 is 9.80 Å². The average Bonchev–Trinajstić information content (AvgIpc) is 3.43. The fourth-order valence-corrected chi connectivity index (χ4v) is 5.11. The number of imide groups is 1. The lowest BCUT2D eigenvalue weighted by Gasteiger charge is -2.20. The summed E-state index contributed by atoms with van der Waals surface area (Å²) in [4.78, 5) is 32.0. The van der Waals surface area contributed by atoms with E-state index in [0.717, 1.165) is 29.2 Å².